The van der Waals surface area contributed by atoms with E-state index in [0.717, 1.165) is 16.5 Å². The van der Waals surface area contributed by atoms with Gasteiger partial charge in [0, 0.05) is 6.20 Å². The highest BCUT2D eigenvalue weighted by molar-refractivity contribution is 5.67. The SMILES string of the molecule is Cc1cc(-c2ccc(OC(F)(F)F)cc2)cn2c(C(F)(F)F)nnc12. The molecule has 0 saturated carbocycles. The van der Waals surface area contributed by atoms with Crippen LogP contribution in [0, 0.1) is 6.92 Å². The van der Waals surface area contributed by atoms with Gasteiger partial charge in [-0.1, -0.05) is 12.1 Å². The van der Waals surface area contributed by atoms with Crippen LogP contribution < -0.4 is 4.74 Å². The van der Waals surface area contributed by atoms with Gasteiger partial charge >= 0.3 is 12.5 Å². The molecule has 0 radical (unpaired) electrons. The Morgan fingerprint density at radius 2 is 1.56 bits per heavy atom. The smallest absolute Gasteiger partial charge is 0.406 e. The van der Waals surface area contributed by atoms with Crippen LogP contribution in [0.5, 0.6) is 5.75 Å². The fraction of sp³-hybridized carbons (Fsp3) is 0.200. The van der Waals surface area contributed by atoms with Gasteiger partial charge in [0.25, 0.3) is 0 Å². The average molecular weight is 361 g/mol. The van der Waals surface area contributed by atoms with Gasteiger partial charge in [0.2, 0.25) is 5.82 Å². The molecule has 0 unspecified atom stereocenters. The fourth-order valence-electron chi connectivity index (χ4n) is 2.36. The van der Waals surface area contributed by atoms with Crippen LogP contribution in [0.25, 0.3) is 16.8 Å². The molecule has 25 heavy (non-hydrogen) atoms. The van der Waals surface area contributed by atoms with Gasteiger partial charge in [0.15, 0.2) is 5.65 Å². The zero-order valence-corrected chi connectivity index (χ0v) is 12.5. The van der Waals surface area contributed by atoms with Gasteiger partial charge in [0.05, 0.1) is 0 Å². The molecule has 2 aromatic heterocycles. The maximum atomic E-state index is 13.0. The number of pyridine rings is 1. The lowest BCUT2D eigenvalue weighted by Crippen LogP contribution is -2.16. The maximum absolute atomic E-state index is 13.0. The molecule has 0 saturated heterocycles. The predicted octanol–water partition coefficient (Wildman–Crippen LogP) is 4.62. The molecule has 0 aliphatic heterocycles. The van der Waals surface area contributed by atoms with Crippen molar-refractivity contribution in [3.8, 4) is 16.9 Å². The van der Waals surface area contributed by atoms with Gasteiger partial charge < -0.3 is 4.74 Å². The maximum Gasteiger partial charge on any atom is 0.573 e. The lowest BCUT2D eigenvalue weighted by Gasteiger charge is -2.11. The van der Waals surface area contributed by atoms with Crippen molar-refractivity contribution in [2.24, 2.45) is 0 Å². The monoisotopic (exact) mass is 361 g/mol. The van der Waals surface area contributed by atoms with Crippen molar-refractivity contribution in [2.75, 3.05) is 0 Å². The zero-order valence-electron chi connectivity index (χ0n) is 12.5. The largest absolute Gasteiger partial charge is 0.573 e. The molecule has 0 fully saturated rings. The first-order valence-electron chi connectivity index (χ1n) is 6.83. The van der Waals surface area contributed by atoms with Gasteiger partial charge in [-0.05, 0) is 41.8 Å². The third-order valence-electron chi connectivity index (χ3n) is 3.36. The highest BCUT2D eigenvalue weighted by Gasteiger charge is 2.37. The van der Waals surface area contributed by atoms with Crippen LogP contribution in [0.3, 0.4) is 0 Å². The minimum absolute atomic E-state index is 0.0492. The van der Waals surface area contributed by atoms with E-state index in [-0.39, 0.29) is 5.65 Å². The van der Waals surface area contributed by atoms with Crippen molar-refractivity contribution in [3.63, 3.8) is 0 Å². The van der Waals surface area contributed by atoms with Crippen LogP contribution in [0.4, 0.5) is 26.3 Å². The number of nitrogens with zero attached hydrogens (tertiary/aromatic N) is 3. The number of aryl methyl sites for hydroxylation is 1. The average Bonchev–Trinajstić information content (AvgIpc) is 2.91. The summed E-state index contributed by atoms with van der Waals surface area (Å²) in [6, 6.07) is 6.38. The predicted molar refractivity (Wildman–Crippen MR) is 74.8 cm³/mol. The number of ether oxygens (including phenoxy) is 1. The number of hydrogen-bond acceptors (Lipinski definition) is 3. The molecule has 0 spiro atoms. The Bertz CT molecular complexity index is 912. The Labute approximate surface area is 136 Å². The highest BCUT2D eigenvalue weighted by Crippen LogP contribution is 2.31. The minimum atomic E-state index is -4.82. The van der Waals surface area contributed by atoms with Crippen molar-refractivity contribution in [1.82, 2.24) is 14.6 Å². The first kappa shape index (κ1) is 17.1. The van der Waals surface area contributed by atoms with Crippen LogP contribution in [0.15, 0.2) is 36.5 Å². The third-order valence-corrected chi connectivity index (χ3v) is 3.36. The highest BCUT2D eigenvalue weighted by atomic mass is 19.4. The molecule has 0 amide bonds. The van der Waals surface area contributed by atoms with E-state index in [1.54, 1.807) is 13.0 Å². The molecule has 0 N–H and O–H groups in total. The summed E-state index contributed by atoms with van der Waals surface area (Å²) in [6.45, 7) is 1.56. The Morgan fingerprint density at radius 1 is 0.920 bits per heavy atom. The Hall–Kier alpha value is -2.78. The normalized spacial score (nSPS) is 12.6. The molecule has 4 nitrogen and oxygen atoms in total. The Kier molecular flexibility index (Phi) is 3.85. The Morgan fingerprint density at radius 3 is 2.12 bits per heavy atom. The molecule has 0 bridgehead atoms. The first-order chi connectivity index (χ1) is 11.5. The molecule has 3 aromatic rings. The van der Waals surface area contributed by atoms with Gasteiger partial charge in [-0.2, -0.15) is 13.2 Å². The van der Waals surface area contributed by atoms with Crippen molar-refractivity contribution >= 4 is 5.65 Å². The second-order valence-electron chi connectivity index (χ2n) is 5.20. The van der Waals surface area contributed by atoms with E-state index < -0.39 is 24.1 Å². The van der Waals surface area contributed by atoms with E-state index >= 15 is 0 Å². The quantitative estimate of drug-likeness (QED) is 0.625. The zero-order chi connectivity index (χ0) is 18.4. The van der Waals surface area contributed by atoms with Gasteiger partial charge in [-0.15, -0.1) is 23.4 Å². The number of benzene rings is 1. The molecular weight excluding hydrogens is 352 g/mol. The molecule has 1 aromatic carbocycles. The van der Waals surface area contributed by atoms with Crippen LogP contribution in [-0.4, -0.2) is 21.0 Å². The second-order valence-corrected chi connectivity index (χ2v) is 5.20. The summed E-state index contributed by atoms with van der Waals surface area (Å²) < 4.78 is 80.0. The van der Waals surface area contributed by atoms with E-state index in [1.807, 2.05) is 0 Å². The topological polar surface area (TPSA) is 39.4 Å². The number of aromatic nitrogens is 3. The summed E-state index contributed by atoms with van der Waals surface area (Å²) in [6.07, 6.45) is -8.32. The van der Waals surface area contributed by atoms with Crippen LogP contribution in [0.1, 0.15) is 11.4 Å². The second kappa shape index (κ2) is 5.64. The van der Waals surface area contributed by atoms with Crippen molar-refractivity contribution in [2.45, 2.75) is 19.5 Å². The number of hydrogen-bond donors (Lipinski definition) is 0. The van der Waals surface area contributed by atoms with Crippen molar-refractivity contribution < 1.29 is 31.1 Å². The van der Waals surface area contributed by atoms with Crippen LogP contribution in [-0.2, 0) is 6.18 Å². The molecule has 2 heterocycles. The molecule has 3 rings (SSSR count). The third kappa shape index (κ3) is 3.52. The molecule has 0 aliphatic rings. The summed E-state index contributed by atoms with van der Waals surface area (Å²) in [5.41, 5.74) is 1.28. The van der Waals surface area contributed by atoms with Gasteiger partial charge in [0.1, 0.15) is 5.75 Å². The summed E-state index contributed by atoms with van der Waals surface area (Å²) in [5.74, 6) is -1.60. The Balaban J connectivity index is 2.04. The summed E-state index contributed by atoms with van der Waals surface area (Å²) in [5, 5.41) is 6.68. The van der Waals surface area contributed by atoms with Gasteiger partial charge in [-0.3, -0.25) is 4.40 Å². The molecular formula is C15H9F6N3O. The van der Waals surface area contributed by atoms with E-state index in [9.17, 15) is 26.3 Å². The van der Waals surface area contributed by atoms with E-state index in [1.165, 1.54) is 18.3 Å². The summed E-state index contributed by atoms with van der Waals surface area (Å²) in [4.78, 5) is 0. The molecule has 132 valence electrons. The summed E-state index contributed by atoms with van der Waals surface area (Å²) >= 11 is 0. The minimum Gasteiger partial charge on any atom is -0.406 e. The lowest BCUT2D eigenvalue weighted by molar-refractivity contribution is -0.274. The lowest BCUT2D eigenvalue weighted by atomic mass is 10.1. The van der Waals surface area contributed by atoms with E-state index in [4.69, 9.17) is 0 Å². The molecule has 0 aliphatic carbocycles. The van der Waals surface area contributed by atoms with Crippen molar-refractivity contribution in [1.29, 1.82) is 0 Å². The van der Waals surface area contributed by atoms with Gasteiger partial charge in [-0.25, -0.2) is 0 Å². The fourth-order valence-corrected chi connectivity index (χ4v) is 2.36. The first-order valence-corrected chi connectivity index (χ1v) is 6.83. The van der Waals surface area contributed by atoms with Crippen molar-refractivity contribution in [3.05, 3.63) is 47.9 Å². The van der Waals surface area contributed by atoms with Crippen LogP contribution >= 0.6 is 0 Å². The number of halogens is 6. The standard InChI is InChI=1S/C15H9F6N3O/c1-8-6-10(7-24-12(8)22-23-13(24)14(16,17)18)9-2-4-11(5-3-9)25-15(19,20)21/h2-7H,1H3. The number of fused-ring (bicyclic) bond motifs is 1. The number of alkyl halides is 6. The van der Waals surface area contributed by atoms with E-state index in [2.05, 4.69) is 14.9 Å². The summed E-state index contributed by atoms with van der Waals surface area (Å²) in [7, 11) is 0. The number of rotatable bonds is 2. The van der Waals surface area contributed by atoms with E-state index in [0.29, 0.717) is 16.7 Å². The van der Waals surface area contributed by atoms with Crippen LogP contribution in [0.2, 0.25) is 0 Å². The molecule has 10 heteroatoms. The molecule has 0 atom stereocenters.